The molecule has 0 aromatic carbocycles. The molecule has 8 heteroatoms. The second-order valence-electron chi connectivity index (χ2n) is 6.30. The number of fused-ring (bicyclic) bond motifs is 1. The number of hydrogen-bond donors (Lipinski definition) is 2. The summed E-state index contributed by atoms with van der Waals surface area (Å²) in [5, 5.41) is 3.35. The molecule has 0 radical (unpaired) electrons. The van der Waals surface area contributed by atoms with E-state index in [1.165, 1.54) is 5.56 Å². The van der Waals surface area contributed by atoms with E-state index in [-0.39, 0.29) is 36.5 Å². The molecule has 2 N–H and O–H groups in total. The smallest absolute Gasteiger partial charge is 0.327 e. The number of aromatic nitrogens is 3. The Hall–Kier alpha value is -1.08. The molecule has 4 rings (SSSR count). The average molecular weight is 375 g/mol. The van der Waals surface area contributed by atoms with Gasteiger partial charge < -0.3 is 10.1 Å². The first kappa shape index (κ1) is 19.2. The predicted octanol–water partition coefficient (Wildman–Crippen LogP) is 2.39. The van der Waals surface area contributed by atoms with Crippen LogP contribution in [0.4, 0.5) is 0 Å². The number of nitrogens with one attached hydrogen (secondary N) is 2. The Balaban J connectivity index is 0.00000104. The summed E-state index contributed by atoms with van der Waals surface area (Å²) < 4.78 is 7.37. The fraction of sp³-hybridized carbons (Fsp3) is 0.625. The van der Waals surface area contributed by atoms with Crippen molar-refractivity contribution in [2.75, 3.05) is 26.3 Å². The van der Waals surface area contributed by atoms with Crippen LogP contribution in [0.2, 0.25) is 0 Å². The number of rotatable bonds is 2. The lowest BCUT2D eigenvalue weighted by molar-refractivity contribution is 0.0853. The van der Waals surface area contributed by atoms with Gasteiger partial charge in [-0.2, -0.15) is 0 Å². The van der Waals surface area contributed by atoms with E-state index < -0.39 is 0 Å². The Kier molecular flexibility index (Phi) is 6.69. The largest absolute Gasteiger partial charge is 0.381 e. The summed E-state index contributed by atoms with van der Waals surface area (Å²) in [6.45, 7) is 3.57. The van der Waals surface area contributed by atoms with Gasteiger partial charge in [0.25, 0.3) is 0 Å². The second-order valence-corrected chi connectivity index (χ2v) is 6.30. The quantitative estimate of drug-likeness (QED) is 0.846. The van der Waals surface area contributed by atoms with Crippen LogP contribution in [0.3, 0.4) is 0 Å². The van der Waals surface area contributed by atoms with Gasteiger partial charge in [0, 0.05) is 25.5 Å². The van der Waals surface area contributed by atoms with E-state index in [1.807, 2.05) is 10.8 Å². The van der Waals surface area contributed by atoms with Gasteiger partial charge >= 0.3 is 5.69 Å². The fourth-order valence-corrected chi connectivity index (χ4v) is 3.70. The topological polar surface area (TPSA) is 71.9 Å². The number of aromatic amines is 1. The van der Waals surface area contributed by atoms with E-state index in [1.54, 1.807) is 0 Å². The standard InChI is InChI=1S/C16H22N4O2.2ClH/c21-16-19-15-14(20(16)13-1-5-17-6-2-13)9-12(10-18-15)11-3-7-22-8-4-11;;/h9-11,13,17H,1-8H2,(H,18,19,21);2*1H. The van der Waals surface area contributed by atoms with Crippen LogP contribution in [0.25, 0.3) is 11.2 Å². The molecule has 0 atom stereocenters. The monoisotopic (exact) mass is 374 g/mol. The summed E-state index contributed by atoms with van der Waals surface area (Å²) in [6.07, 6.45) is 5.98. The van der Waals surface area contributed by atoms with Gasteiger partial charge in [-0.1, -0.05) is 0 Å². The van der Waals surface area contributed by atoms with Crippen LogP contribution >= 0.6 is 24.8 Å². The van der Waals surface area contributed by atoms with Crippen molar-refractivity contribution in [3.63, 3.8) is 0 Å². The zero-order chi connectivity index (χ0) is 14.9. The molecule has 2 fully saturated rings. The van der Waals surface area contributed by atoms with E-state index in [4.69, 9.17) is 4.74 Å². The predicted molar refractivity (Wildman–Crippen MR) is 98.8 cm³/mol. The van der Waals surface area contributed by atoms with Crippen LogP contribution in [0, 0.1) is 0 Å². The highest BCUT2D eigenvalue weighted by Gasteiger charge is 2.22. The molecule has 134 valence electrons. The number of imidazole rings is 1. The van der Waals surface area contributed by atoms with E-state index in [9.17, 15) is 4.79 Å². The molecule has 0 unspecified atom stereocenters. The Morgan fingerprint density at radius 1 is 1.12 bits per heavy atom. The molecular weight excluding hydrogens is 351 g/mol. The number of nitrogens with zero attached hydrogens (tertiary/aromatic N) is 2. The summed E-state index contributed by atoms with van der Waals surface area (Å²) in [7, 11) is 0. The minimum atomic E-state index is -0.0291. The molecule has 2 aromatic heterocycles. The van der Waals surface area contributed by atoms with Crippen molar-refractivity contribution in [2.45, 2.75) is 37.6 Å². The number of ether oxygens (including phenoxy) is 1. The zero-order valence-corrected chi connectivity index (χ0v) is 15.1. The van der Waals surface area contributed by atoms with Crippen LogP contribution in [0.1, 0.15) is 43.2 Å². The van der Waals surface area contributed by atoms with Crippen LogP contribution < -0.4 is 11.0 Å². The molecule has 0 bridgehead atoms. The summed E-state index contributed by atoms with van der Waals surface area (Å²) in [4.78, 5) is 19.8. The summed E-state index contributed by atoms with van der Waals surface area (Å²) in [5.41, 5.74) is 2.87. The van der Waals surface area contributed by atoms with Crippen LogP contribution in [-0.2, 0) is 4.74 Å². The van der Waals surface area contributed by atoms with Crippen molar-refractivity contribution in [3.8, 4) is 0 Å². The molecule has 2 aliphatic rings. The summed E-state index contributed by atoms with van der Waals surface area (Å²) in [5.74, 6) is 0.497. The Morgan fingerprint density at radius 3 is 2.54 bits per heavy atom. The minimum Gasteiger partial charge on any atom is -0.381 e. The summed E-state index contributed by atoms with van der Waals surface area (Å²) in [6, 6.07) is 2.44. The molecular formula is C16H24Cl2N4O2. The first-order valence-electron chi connectivity index (χ1n) is 8.21. The number of halogens is 2. The van der Waals surface area contributed by atoms with Gasteiger partial charge in [0.2, 0.25) is 0 Å². The molecule has 6 nitrogen and oxygen atoms in total. The van der Waals surface area contributed by atoms with Crippen molar-refractivity contribution in [1.82, 2.24) is 19.9 Å². The van der Waals surface area contributed by atoms with E-state index >= 15 is 0 Å². The fourth-order valence-electron chi connectivity index (χ4n) is 3.70. The third kappa shape index (κ3) is 3.61. The first-order chi connectivity index (χ1) is 10.8. The third-order valence-electron chi connectivity index (χ3n) is 4.96. The normalized spacial score (nSPS) is 19.7. The second kappa shape index (κ2) is 8.34. The minimum absolute atomic E-state index is 0. The van der Waals surface area contributed by atoms with Gasteiger partial charge in [0.1, 0.15) is 0 Å². The Morgan fingerprint density at radius 2 is 1.83 bits per heavy atom. The van der Waals surface area contributed by atoms with E-state index in [0.717, 1.165) is 57.5 Å². The highest BCUT2D eigenvalue weighted by molar-refractivity contribution is 5.85. The first-order valence-corrected chi connectivity index (χ1v) is 8.21. The van der Waals surface area contributed by atoms with Gasteiger partial charge in [-0.3, -0.25) is 9.55 Å². The lowest BCUT2D eigenvalue weighted by atomic mass is 9.93. The molecule has 2 aliphatic heterocycles. The van der Waals surface area contributed by atoms with Crippen molar-refractivity contribution in [3.05, 3.63) is 28.3 Å². The lowest BCUT2D eigenvalue weighted by Gasteiger charge is -2.24. The number of piperidine rings is 1. The van der Waals surface area contributed by atoms with Crippen LogP contribution in [0.15, 0.2) is 17.1 Å². The van der Waals surface area contributed by atoms with Gasteiger partial charge in [-0.25, -0.2) is 9.78 Å². The maximum atomic E-state index is 12.4. The Bertz CT molecular complexity index is 718. The van der Waals surface area contributed by atoms with Crippen LogP contribution in [-0.4, -0.2) is 40.8 Å². The summed E-state index contributed by atoms with van der Waals surface area (Å²) >= 11 is 0. The molecule has 24 heavy (non-hydrogen) atoms. The average Bonchev–Trinajstić information content (AvgIpc) is 2.91. The molecule has 0 amide bonds. The maximum Gasteiger partial charge on any atom is 0.327 e. The molecule has 0 aliphatic carbocycles. The van der Waals surface area contributed by atoms with E-state index in [0.29, 0.717) is 11.6 Å². The van der Waals surface area contributed by atoms with Gasteiger partial charge in [-0.05, 0) is 56.3 Å². The van der Waals surface area contributed by atoms with Gasteiger partial charge in [0.05, 0.1) is 5.52 Å². The third-order valence-corrected chi connectivity index (χ3v) is 4.96. The van der Waals surface area contributed by atoms with E-state index in [2.05, 4.69) is 21.4 Å². The maximum absolute atomic E-state index is 12.4. The SMILES string of the molecule is Cl.Cl.O=c1[nH]c2ncc(C3CCOCC3)cc2n1C1CCNCC1. The van der Waals surface area contributed by atoms with Crippen LogP contribution in [0.5, 0.6) is 0 Å². The lowest BCUT2D eigenvalue weighted by Crippen LogP contribution is -2.33. The highest BCUT2D eigenvalue weighted by Crippen LogP contribution is 2.29. The molecule has 2 aromatic rings. The highest BCUT2D eigenvalue weighted by atomic mass is 35.5. The molecule has 0 saturated carbocycles. The number of hydrogen-bond acceptors (Lipinski definition) is 4. The zero-order valence-electron chi connectivity index (χ0n) is 13.5. The van der Waals surface area contributed by atoms with Crippen molar-refractivity contribution in [1.29, 1.82) is 0 Å². The molecule has 2 saturated heterocycles. The number of pyridine rings is 1. The van der Waals surface area contributed by atoms with Gasteiger partial charge in [-0.15, -0.1) is 24.8 Å². The molecule has 0 spiro atoms. The Labute approximate surface area is 153 Å². The van der Waals surface area contributed by atoms with Crippen molar-refractivity contribution >= 4 is 36.0 Å². The number of H-pyrrole nitrogens is 1. The molecule has 4 heterocycles. The van der Waals surface area contributed by atoms with Gasteiger partial charge in [0.15, 0.2) is 5.65 Å². The van der Waals surface area contributed by atoms with Crippen molar-refractivity contribution in [2.24, 2.45) is 0 Å². The van der Waals surface area contributed by atoms with Crippen molar-refractivity contribution < 1.29 is 4.74 Å².